The summed E-state index contributed by atoms with van der Waals surface area (Å²) in [4.78, 5) is 0. The van der Waals surface area contributed by atoms with Gasteiger partial charge in [0.05, 0.1) is 19.3 Å². The van der Waals surface area contributed by atoms with E-state index in [-0.39, 0.29) is 0 Å². The fourth-order valence-electron chi connectivity index (χ4n) is 1.93. The van der Waals surface area contributed by atoms with Crippen LogP contribution in [-0.4, -0.2) is 29.5 Å². The molecule has 1 aromatic carbocycles. The summed E-state index contributed by atoms with van der Waals surface area (Å²) >= 11 is 3.42. The normalized spacial score (nSPS) is 14.3. The Morgan fingerprint density at radius 2 is 1.89 bits per heavy atom. The predicted molar refractivity (Wildman–Crippen MR) is 75.9 cm³/mol. The summed E-state index contributed by atoms with van der Waals surface area (Å²) < 4.78 is 6.26. The van der Waals surface area contributed by atoms with Gasteiger partial charge in [0.15, 0.2) is 0 Å². The standard InChI is InChI=1S/C14H21BrO3/c1-3-4-12(16)13(17)7-5-10-9-11(15)6-8-14(10)18-2/h6,8-9,12-13,16-17H,3-5,7H2,1-2H3. The number of aliphatic hydroxyl groups is 2. The molecule has 0 radical (unpaired) electrons. The number of methoxy groups -OCH3 is 1. The molecule has 0 amide bonds. The molecule has 4 heteroatoms. The van der Waals surface area contributed by atoms with E-state index >= 15 is 0 Å². The van der Waals surface area contributed by atoms with Gasteiger partial charge in [-0.05, 0) is 43.0 Å². The van der Waals surface area contributed by atoms with Crippen LogP contribution in [0.15, 0.2) is 22.7 Å². The quantitative estimate of drug-likeness (QED) is 0.813. The van der Waals surface area contributed by atoms with Crippen molar-refractivity contribution >= 4 is 15.9 Å². The van der Waals surface area contributed by atoms with Crippen LogP contribution in [0.2, 0.25) is 0 Å². The van der Waals surface area contributed by atoms with Gasteiger partial charge in [-0.3, -0.25) is 0 Å². The van der Waals surface area contributed by atoms with Gasteiger partial charge >= 0.3 is 0 Å². The molecule has 102 valence electrons. The molecule has 2 unspecified atom stereocenters. The lowest BCUT2D eigenvalue weighted by molar-refractivity contribution is 0.00974. The van der Waals surface area contributed by atoms with E-state index in [9.17, 15) is 10.2 Å². The Kier molecular flexibility index (Phi) is 6.68. The first-order valence-electron chi connectivity index (χ1n) is 6.27. The molecular formula is C14H21BrO3. The van der Waals surface area contributed by atoms with E-state index in [1.807, 2.05) is 25.1 Å². The molecule has 0 fully saturated rings. The maximum absolute atomic E-state index is 9.84. The monoisotopic (exact) mass is 316 g/mol. The highest BCUT2D eigenvalue weighted by Gasteiger charge is 2.16. The van der Waals surface area contributed by atoms with Gasteiger partial charge in [-0.1, -0.05) is 29.3 Å². The zero-order valence-electron chi connectivity index (χ0n) is 10.9. The number of aliphatic hydroxyl groups excluding tert-OH is 2. The summed E-state index contributed by atoms with van der Waals surface area (Å²) in [6.07, 6.45) is 1.43. The lowest BCUT2D eigenvalue weighted by Crippen LogP contribution is -2.26. The van der Waals surface area contributed by atoms with E-state index in [1.165, 1.54) is 0 Å². The van der Waals surface area contributed by atoms with Gasteiger partial charge < -0.3 is 14.9 Å². The Labute approximate surface area is 117 Å². The van der Waals surface area contributed by atoms with Gasteiger partial charge in [0.25, 0.3) is 0 Å². The molecule has 0 saturated carbocycles. The third-order valence-electron chi connectivity index (χ3n) is 2.98. The zero-order valence-corrected chi connectivity index (χ0v) is 12.5. The SMILES string of the molecule is CCCC(O)C(O)CCc1cc(Br)ccc1OC. The molecule has 0 bridgehead atoms. The van der Waals surface area contributed by atoms with Crippen molar-refractivity contribution in [3.05, 3.63) is 28.2 Å². The van der Waals surface area contributed by atoms with E-state index in [1.54, 1.807) is 7.11 Å². The molecule has 2 atom stereocenters. The number of rotatable bonds is 7. The summed E-state index contributed by atoms with van der Waals surface area (Å²) in [6, 6.07) is 5.80. The Bertz CT molecular complexity index is 368. The molecule has 0 saturated heterocycles. The molecule has 0 spiro atoms. The second kappa shape index (κ2) is 7.77. The van der Waals surface area contributed by atoms with Crippen LogP contribution in [0.25, 0.3) is 0 Å². The van der Waals surface area contributed by atoms with Crippen molar-refractivity contribution in [3.63, 3.8) is 0 Å². The van der Waals surface area contributed by atoms with Crippen LogP contribution in [0.1, 0.15) is 31.7 Å². The number of benzene rings is 1. The van der Waals surface area contributed by atoms with Crippen molar-refractivity contribution in [1.82, 2.24) is 0 Å². The lowest BCUT2D eigenvalue weighted by atomic mass is 10.0. The fourth-order valence-corrected chi connectivity index (χ4v) is 2.33. The fraction of sp³-hybridized carbons (Fsp3) is 0.571. The first-order valence-corrected chi connectivity index (χ1v) is 7.06. The van der Waals surface area contributed by atoms with E-state index in [0.29, 0.717) is 19.3 Å². The minimum atomic E-state index is -0.673. The number of hydrogen-bond donors (Lipinski definition) is 2. The average Bonchev–Trinajstić information content (AvgIpc) is 2.36. The topological polar surface area (TPSA) is 49.7 Å². The van der Waals surface area contributed by atoms with E-state index in [4.69, 9.17) is 4.74 Å². The summed E-state index contributed by atoms with van der Waals surface area (Å²) in [5.41, 5.74) is 1.04. The Morgan fingerprint density at radius 1 is 1.22 bits per heavy atom. The maximum Gasteiger partial charge on any atom is 0.122 e. The molecule has 2 N–H and O–H groups in total. The van der Waals surface area contributed by atoms with E-state index in [2.05, 4.69) is 15.9 Å². The van der Waals surface area contributed by atoms with Crippen LogP contribution in [0.5, 0.6) is 5.75 Å². The van der Waals surface area contributed by atoms with Crippen LogP contribution in [0, 0.1) is 0 Å². The number of aryl methyl sites for hydroxylation is 1. The molecule has 0 heterocycles. The molecule has 0 aliphatic rings. The van der Waals surface area contributed by atoms with Gasteiger partial charge in [-0.2, -0.15) is 0 Å². The van der Waals surface area contributed by atoms with Crippen molar-refractivity contribution in [3.8, 4) is 5.75 Å². The third-order valence-corrected chi connectivity index (χ3v) is 3.47. The second-order valence-corrected chi connectivity index (χ2v) is 5.33. The predicted octanol–water partition coefficient (Wildman–Crippen LogP) is 2.91. The number of hydrogen-bond acceptors (Lipinski definition) is 3. The van der Waals surface area contributed by atoms with Gasteiger partial charge in [0, 0.05) is 4.47 Å². The molecule has 0 aromatic heterocycles. The van der Waals surface area contributed by atoms with Gasteiger partial charge in [-0.25, -0.2) is 0 Å². The Balaban J connectivity index is 2.59. The number of ether oxygens (including phenoxy) is 1. The summed E-state index contributed by atoms with van der Waals surface area (Å²) in [5, 5.41) is 19.5. The van der Waals surface area contributed by atoms with E-state index < -0.39 is 12.2 Å². The highest BCUT2D eigenvalue weighted by Crippen LogP contribution is 2.25. The molecule has 0 aliphatic carbocycles. The van der Waals surface area contributed by atoms with Crippen LogP contribution in [-0.2, 0) is 6.42 Å². The molecule has 1 aromatic rings. The first-order chi connectivity index (χ1) is 8.58. The average molecular weight is 317 g/mol. The highest BCUT2D eigenvalue weighted by atomic mass is 79.9. The Morgan fingerprint density at radius 3 is 2.50 bits per heavy atom. The van der Waals surface area contributed by atoms with E-state index in [0.717, 1.165) is 22.2 Å². The van der Waals surface area contributed by atoms with Crippen LogP contribution in [0.4, 0.5) is 0 Å². The zero-order chi connectivity index (χ0) is 13.5. The van der Waals surface area contributed by atoms with Crippen molar-refractivity contribution in [2.75, 3.05) is 7.11 Å². The number of halogens is 1. The maximum atomic E-state index is 9.84. The molecule has 1 rings (SSSR count). The summed E-state index contributed by atoms with van der Waals surface area (Å²) in [6.45, 7) is 1.99. The molecular weight excluding hydrogens is 296 g/mol. The van der Waals surface area contributed by atoms with Crippen LogP contribution >= 0.6 is 15.9 Å². The van der Waals surface area contributed by atoms with Crippen molar-refractivity contribution < 1.29 is 14.9 Å². The van der Waals surface area contributed by atoms with Gasteiger partial charge in [-0.15, -0.1) is 0 Å². The highest BCUT2D eigenvalue weighted by molar-refractivity contribution is 9.10. The van der Waals surface area contributed by atoms with Crippen molar-refractivity contribution in [2.45, 2.75) is 44.8 Å². The third kappa shape index (κ3) is 4.59. The summed E-state index contributed by atoms with van der Waals surface area (Å²) in [5.74, 6) is 0.815. The van der Waals surface area contributed by atoms with Gasteiger partial charge in [0.1, 0.15) is 5.75 Å². The largest absolute Gasteiger partial charge is 0.496 e. The Hall–Kier alpha value is -0.580. The molecule has 18 heavy (non-hydrogen) atoms. The minimum Gasteiger partial charge on any atom is -0.496 e. The summed E-state index contributed by atoms with van der Waals surface area (Å²) in [7, 11) is 1.63. The lowest BCUT2D eigenvalue weighted by Gasteiger charge is -2.17. The molecule has 3 nitrogen and oxygen atoms in total. The van der Waals surface area contributed by atoms with Crippen LogP contribution in [0.3, 0.4) is 0 Å². The first kappa shape index (κ1) is 15.5. The van der Waals surface area contributed by atoms with Crippen LogP contribution < -0.4 is 4.74 Å². The minimum absolute atomic E-state index is 0.536. The smallest absolute Gasteiger partial charge is 0.122 e. The van der Waals surface area contributed by atoms with Crippen molar-refractivity contribution in [1.29, 1.82) is 0 Å². The van der Waals surface area contributed by atoms with Gasteiger partial charge in [0.2, 0.25) is 0 Å². The molecule has 0 aliphatic heterocycles. The second-order valence-electron chi connectivity index (χ2n) is 4.42. The van der Waals surface area contributed by atoms with Crippen molar-refractivity contribution in [2.24, 2.45) is 0 Å².